The van der Waals surface area contributed by atoms with Crippen molar-refractivity contribution in [1.82, 2.24) is 25.9 Å². The Labute approximate surface area is 181 Å². The van der Waals surface area contributed by atoms with Gasteiger partial charge < -0.3 is 42.6 Å². The number of primary amides is 1. The van der Waals surface area contributed by atoms with Gasteiger partial charge in [0, 0.05) is 24.7 Å². The number of nitrogens with zero attached hydrogens (tertiary/aromatic N) is 1. The minimum atomic E-state index is -1.41. The van der Waals surface area contributed by atoms with Crippen LogP contribution in [-0.4, -0.2) is 80.4 Å². The Balaban J connectivity index is 2.96. The molecule has 1 aromatic rings. The van der Waals surface area contributed by atoms with Gasteiger partial charge in [-0.3, -0.25) is 28.8 Å². The van der Waals surface area contributed by atoms with E-state index in [0.29, 0.717) is 5.69 Å². The highest BCUT2D eigenvalue weighted by Gasteiger charge is 2.29. The molecule has 0 aliphatic carbocycles. The zero-order valence-electron chi connectivity index (χ0n) is 16.9. The number of nitrogens with two attached hydrogens (primary N) is 2. The molecule has 1 rings (SSSR count). The molecule has 15 heteroatoms. The number of rotatable bonds is 14. The lowest BCUT2D eigenvalue weighted by molar-refractivity contribution is -0.138. The number of aliphatic carboxylic acids is 2. The van der Waals surface area contributed by atoms with Crippen LogP contribution in [-0.2, 0) is 35.2 Å². The van der Waals surface area contributed by atoms with Crippen molar-refractivity contribution < 1.29 is 39.0 Å². The van der Waals surface area contributed by atoms with Crippen molar-refractivity contribution in [2.45, 2.75) is 43.8 Å². The third-order valence-electron chi connectivity index (χ3n) is 4.06. The molecule has 1 aromatic heterocycles. The molecule has 0 bridgehead atoms. The van der Waals surface area contributed by atoms with Crippen molar-refractivity contribution in [3.63, 3.8) is 0 Å². The lowest BCUT2D eigenvalue weighted by atomic mass is 10.1. The number of hydrogen-bond donors (Lipinski definition) is 8. The molecule has 10 N–H and O–H groups in total. The SMILES string of the molecule is NC(=O)CC(N)C(=O)NC(CCC(=O)O)C(=O)NC(Cc1cnc[nH]1)C(=O)NCC(=O)O. The molecule has 0 aliphatic rings. The molecule has 15 nitrogen and oxygen atoms in total. The molecule has 0 aromatic carbocycles. The normalized spacial score (nSPS) is 13.3. The molecule has 0 fully saturated rings. The zero-order chi connectivity index (χ0) is 24.3. The smallest absolute Gasteiger partial charge is 0.322 e. The summed E-state index contributed by atoms with van der Waals surface area (Å²) in [7, 11) is 0. The van der Waals surface area contributed by atoms with E-state index >= 15 is 0 Å². The number of carbonyl (C=O) groups excluding carboxylic acids is 4. The number of nitrogens with one attached hydrogen (secondary N) is 4. The van der Waals surface area contributed by atoms with Gasteiger partial charge in [-0.15, -0.1) is 0 Å². The summed E-state index contributed by atoms with van der Waals surface area (Å²) in [6.45, 7) is -0.699. The molecule has 0 spiro atoms. The molecule has 4 amide bonds. The quantitative estimate of drug-likeness (QED) is 0.135. The highest BCUT2D eigenvalue weighted by atomic mass is 16.4. The Kier molecular flexibility index (Phi) is 10.3. The molecule has 0 radical (unpaired) electrons. The largest absolute Gasteiger partial charge is 0.481 e. The summed E-state index contributed by atoms with van der Waals surface area (Å²) < 4.78 is 0. The van der Waals surface area contributed by atoms with Gasteiger partial charge in [0.1, 0.15) is 18.6 Å². The van der Waals surface area contributed by atoms with Crippen LogP contribution in [0.5, 0.6) is 0 Å². The van der Waals surface area contributed by atoms with Crippen molar-refractivity contribution in [3.8, 4) is 0 Å². The topological polar surface area (TPSA) is 260 Å². The van der Waals surface area contributed by atoms with E-state index in [-0.39, 0.29) is 12.8 Å². The molecule has 0 saturated heterocycles. The number of carboxylic acid groups (broad SMARTS) is 2. The molecule has 176 valence electrons. The van der Waals surface area contributed by atoms with Crippen LogP contribution in [0.25, 0.3) is 0 Å². The van der Waals surface area contributed by atoms with Gasteiger partial charge in [-0.2, -0.15) is 0 Å². The summed E-state index contributed by atoms with van der Waals surface area (Å²) in [4.78, 5) is 76.4. The van der Waals surface area contributed by atoms with Crippen molar-refractivity contribution in [1.29, 1.82) is 0 Å². The molecule has 32 heavy (non-hydrogen) atoms. The van der Waals surface area contributed by atoms with E-state index in [1.165, 1.54) is 12.5 Å². The number of amides is 4. The van der Waals surface area contributed by atoms with Crippen molar-refractivity contribution in [3.05, 3.63) is 18.2 Å². The number of H-pyrrole nitrogens is 1. The van der Waals surface area contributed by atoms with Crippen LogP contribution in [0.15, 0.2) is 12.5 Å². The number of aromatic amines is 1. The summed E-state index contributed by atoms with van der Waals surface area (Å²) in [6.07, 6.45) is 1.27. The lowest BCUT2D eigenvalue weighted by Crippen LogP contribution is -2.56. The number of carbonyl (C=O) groups is 6. The predicted octanol–water partition coefficient (Wildman–Crippen LogP) is -3.81. The number of carboxylic acids is 2. The summed E-state index contributed by atoms with van der Waals surface area (Å²) in [6, 6.07) is -4.05. The Morgan fingerprint density at radius 2 is 1.66 bits per heavy atom. The Morgan fingerprint density at radius 3 is 2.19 bits per heavy atom. The van der Waals surface area contributed by atoms with Gasteiger partial charge in [0.15, 0.2) is 0 Å². The standard InChI is InChI=1S/C17H25N7O8/c18-9(4-12(19)25)15(30)23-10(1-2-13(26)27)17(32)24-11(3-8-5-20-7-22-8)16(31)21-6-14(28)29/h5,7,9-11H,1-4,6,18H2,(H2,19,25)(H,20,22)(H,21,31)(H,23,30)(H,24,32)(H,26,27)(H,28,29). The maximum Gasteiger partial charge on any atom is 0.322 e. The molecular weight excluding hydrogens is 430 g/mol. The van der Waals surface area contributed by atoms with Gasteiger partial charge in [-0.25, -0.2) is 4.98 Å². The van der Waals surface area contributed by atoms with Gasteiger partial charge in [0.25, 0.3) is 0 Å². The summed E-state index contributed by atoms with van der Waals surface area (Å²) in [5.41, 5.74) is 11.0. The van der Waals surface area contributed by atoms with E-state index in [0.717, 1.165) is 0 Å². The van der Waals surface area contributed by atoms with Crippen LogP contribution in [0.1, 0.15) is 25.0 Å². The molecule has 0 aliphatic heterocycles. The molecular formula is C17H25N7O8. The van der Waals surface area contributed by atoms with Crippen LogP contribution >= 0.6 is 0 Å². The van der Waals surface area contributed by atoms with Crippen LogP contribution in [0.3, 0.4) is 0 Å². The van der Waals surface area contributed by atoms with Gasteiger partial charge in [0.2, 0.25) is 23.6 Å². The molecule has 3 unspecified atom stereocenters. The van der Waals surface area contributed by atoms with Gasteiger partial charge in [-0.1, -0.05) is 0 Å². The van der Waals surface area contributed by atoms with Crippen molar-refractivity contribution in [2.75, 3.05) is 6.54 Å². The van der Waals surface area contributed by atoms with E-state index in [1.54, 1.807) is 0 Å². The maximum absolute atomic E-state index is 12.7. The van der Waals surface area contributed by atoms with Gasteiger partial charge in [-0.05, 0) is 6.42 Å². The minimum Gasteiger partial charge on any atom is -0.481 e. The monoisotopic (exact) mass is 455 g/mol. The van der Waals surface area contributed by atoms with Crippen LogP contribution in [0, 0.1) is 0 Å². The van der Waals surface area contributed by atoms with Gasteiger partial charge in [0.05, 0.1) is 18.8 Å². The Morgan fingerprint density at radius 1 is 1.00 bits per heavy atom. The van der Waals surface area contributed by atoms with E-state index in [4.69, 9.17) is 21.7 Å². The lowest BCUT2D eigenvalue weighted by Gasteiger charge is -2.23. The Bertz CT molecular complexity index is 842. The molecule has 1 heterocycles. The maximum atomic E-state index is 12.7. The molecule has 0 saturated carbocycles. The second kappa shape index (κ2) is 12.6. The number of imidazole rings is 1. The number of aromatic nitrogens is 2. The summed E-state index contributed by atoms with van der Waals surface area (Å²) in [5.74, 6) is -6.07. The number of hydrogen-bond acceptors (Lipinski definition) is 8. The van der Waals surface area contributed by atoms with Crippen LogP contribution < -0.4 is 27.4 Å². The minimum absolute atomic E-state index is 0.0992. The van der Waals surface area contributed by atoms with E-state index < -0.39 is 73.1 Å². The molecule has 3 atom stereocenters. The van der Waals surface area contributed by atoms with E-state index in [1.807, 2.05) is 0 Å². The summed E-state index contributed by atoms with van der Waals surface area (Å²) >= 11 is 0. The average Bonchev–Trinajstić information content (AvgIpc) is 3.20. The van der Waals surface area contributed by atoms with E-state index in [9.17, 15) is 28.8 Å². The average molecular weight is 455 g/mol. The third-order valence-corrected chi connectivity index (χ3v) is 4.06. The van der Waals surface area contributed by atoms with Gasteiger partial charge >= 0.3 is 11.9 Å². The van der Waals surface area contributed by atoms with Crippen LogP contribution in [0.2, 0.25) is 0 Å². The summed E-state index contributed by atoms with van der Waals surface area (Å²) in [5, 5.41) is 24.4. The van der Waals surface area contributed by atoms with Crippen LogP contribution in [0.4, 0.5) is 0 Å². The van der Waals surface area contributed by atoms with E-state index in [2.05, 4.69) is 25.9 Å². The zero-order valence-corrected chi connectivity index (χ0v) is 16.9. The second-order valence-corrected chi connectivity index (χ2v) is 6.72. The first-order chi connectivity index (χ1) is 15.0. The first kappa shape index (κ1) is 26.0. The highest BCUT2D eigenvalue weighted by molar-refractivity contribution is 5.95. The van der Waals surface area contributed by atoms with Crippen molar-refractivity contribution >= 4 is 35.6 Å². The second-order valence-electron chi connectivity index (χ2n) is 6.72. The first-order valence-corrected chi connectivity index (χ1v) is 9.32. The van der Waals surface area contributed by atoms with Crippen molar-refractivity contribution in [2.24, 2.45) is 11.5 Å². The fourth-order valence-electron chi connectivity index (χ4n) is 2.51. The third kappa shape index (κ3) is 9.66. The fourth-order valence-corrected chi connectivity index (χ4v) is 2.51. The highest BCUT2D eigenvalue weighted by Crippen LogP contribution is 2.04. The predicted molar refractivity (Wildman–Crippen MR) is 105 cm³/mol. The Hall–Kier alpha value is -4.01. The first-order valence-electron chi connectivity index (χ1n) is 9.32. The fraction of sp³-hybridized carbons (Fsp3) is 0.471.